The second-order valence-corrected chi connectivity index (χ2v) is 9.72. The van der Waals surface area contributed by atoms with Crippen molar-refractivity contribution in [2.75, 3.05) is 5.32 Å². The topological polar surface area (TPSA) is 96.2 Å². The molecule has 3 N–H and O–H groups in total. The molecule has 0 bridgehead atoms. The Kier molecular flexibility index (Phi) is 6.93. The molecule has 2 amide bonds. The third-order valence-electron chi connectivity index (χ3n) is 6.58. The molecule has 0 spiro atoms. The Morgan fingerprint density at radius 3 is 2.40 bits per heavy atom. The van der Waals surface area contributed by atoms with Crippen molar-refractivity contribution in [2.24, 2.45) is 7.05 Å². The molecule has 0 fully saturated rings. The molecular weight excluding hydrogens is 604 g/mol. The average molecular weight is 619 g/mol. The van der Waals surface area contributed by atoms with Crippen molar-refractivity contribution < 1.29 is 49.8 Å². The first-order valence-corrected chi connectivity index (χ1v) is 12.1. The first-order chi connectivity index (χ1) is 19.5. The zero-order valence-corrected chi connectivity index (χ0v) is 21.5. The predicted octanol–water partition coefficient (Wildman–Crippen LogP) is 6.20. The van der Waals surface area contributed by atoms with Crippen LogP contribution in [0.1, 0.15) is 55.2 Å². The summed E-state index contributed by atoms with van der Waals surface area (Å²) in [6, 6.07) is 3.75. The summed E-state index contributed by atoms with van der Waals surface area (Å²) in [5, 5.41) is 18.2. The number of aliphatic hydroxyl groups excluding tert-OH is 1. The highest BCUT2D eigenvalue weighted by molar-refractivity contribution is 6.31. The number of benzene rings is 3. The van der Waals surface area contributed by atoms with Crippen molar-refractivity contribution in [3.63, 3.8) is 0 Å². The maximum atomic E-state index is 14.2. The average Bonchev–Trinajstić information content (AvgIpc) is 3.39. The van der Waals surface area contributed by atoms with Gasteiger partial charge in [-0.05, 0) is 42.5 Å². The number of amides is 2. The minimum atomic E-state index is -5.18. The third-order valence-corrected chi connectivity index (χ3v) is 6.92. The molecule has 1 aliphatic heterocycles. The number of alkyl halides is 6. The number of nitrogens with one attached hydrogen (secondary N) is 2. The van der Waals surface area contributed by atoms with E-state index in [0.717, 1.165) is 31.3 Å². The summed E-state index contributed by atoms with van der Waals surface area (Å²) in [5.41, 5.74) is -4.44. The molecule has 0 aliphatic carbocycles. The van der Waals surface area contributed by atoms with Gasteiger partial charge in [-0.2, -0.15) is 31.4 Å². The summed E-state index contributed by atoms with van der Waals surface area (Å²) in [7, 11) is 1.06. The molecule has 1 aliphatic rings. The molecule has 0 saturated carbocycles. The molecule has 0 radical (unpaired) electrons. The quantitative estimate of drug-likeness (QED) is 0.237. The number of fused-ring (bicyclic) bond motifs is 3. The van der Waals surface area contributed by atoms with Crippen molar-refractivity contribution in [3.05, 3.63) is 92.6 Å². The van der Waals surface area contributed by atoms with Crippen LogP contribution in [0.5, 0.6) is 0 Å². The number of aliphatic hydroxyl groups is 1. The smallest absolute Gasteiger partial charge is 0.378 e. The Labute approximate surface area is 234 Å². The first-order valence-electron chi connectivity index (χ1n) is 11.7. The molecule has 42 heavy (non-hydrogen) atoms. The molecular formula is C26H15ClF8N4O3. The predicted molar refractivity (Wildman–Crippen MR) is 132 cm³/mol. The monoisotopic (exact) mass is 618 g/mol. The van der Waals surface area contributed by atoms with Gasteiger partial charge in [0.1, 0.15) is 17.2 Å². The summed E-state index contributed by atoms with van der Waals surface area (Å²) in [4.78, 5) is 26.3. The number of aryl methyl sites for hydroxylation is 1. The van der Waals surface area contributed by atoms with Crippen LogP contribution in [0.15, 0.2) is 42.5 Å². The van der Waals surface area contributed by atoms with Crippen LogP contribution in [0.2, 0.25) is 5.02 Å². The van der Waals surface area contributed by atoms with E-state index in [1.807, 2.05) is 0 Å². The van der Waals surface area contributed by atoms with E-state index in [0.29, 0.717) is 16.8 Å². The third kappa shape index (κ3) is 5.02. The Bertz CT molecular complexity index is 1780. The lowest BCUT2D eigenvalue weighted by Crippen LogP contribution is -2.23. The highest BCUT2D eigenvalue weighted by Crippen LogP contribution is 2.45. The lowest BCUT2D eigenvalue weighted by molar-refractivity contribution is -0.208. The van der Waals surface area contributed by atoms with E-state index in [4.69, 9.17) is 11.6 Å². The number of halogens is 9. The fourth-order valence-electron chi connectivity index (χ4n) is 4.80. The Morgan fingerprint density at radius 2 is 1.76 bits per heavy atom. The number of rotatable bonds is 4. The standard InChI is InChI=1S/C26H15ClF8N4O3/c1-39-21(22(40)26(33,34)35)14-8-16(36-23(41)9-4-10(25(30,31)32)6-12(29)5-9)17-18(20(14)38-39)24(42)37-19(17)13-7-11(28)2-3-15(13)27/h2-8,19,22,40H,1H3,(H,36,41)(H,37,42)/t19-,22-/m1/s1. The Hall–Kier alpha value is -4.24. The molecule has 220 valence electrons. The SMILES string of the molecule is Cn1nc2c3c(c(NC(=O)c4cc(F)cc(C(F)(F)F)c4)cc2c1[C@@H](O)C(F)(F)F)[C@@H](c1cc(F)ccc1Cl)NC3=O. The normalized spacial score (nSPS) is 16.0. The van der Waals surface area contributed by atoms with Gasteiger partial charge in [-0.25, -0.2) is 8.78 Å². The van der Waals surface area contributed by atoms with Gasteiger partial charge in [0.25, 0.3) is 11.8 Å². The molecule has 4 aromatic rings. The van der Waals surface area contributed by atoms with Gasteiger partial charge in [0.05, 0.1) is 22.9 Å². The molecule has 7 nitrogen and oxygen atoms in total. The number of hydrogen-bond acceptors (Lipinski definition) is 4. The molecule has 1 aromatic heterocycles. The maximum absolute atomic E-state index is 14.2. The van der Waals surface area contributed by atoms with Crippen molar-refractivity contribution in [2.45, 2.75) is 24.5 Å². The van der Waals surface area contributed by atoms with E-state index < -0.39 is 75.8 Å². The summed E-state index contributed by atoms with van der Waals surface area (Å²) in [5.74, 6) is -4.43. The van der Waals surface area contributed by atoms with E-state index in [1.54, 1.807) is 0 Å². The molecule has 0 saturated heterocycles. The van der Waals surface area contributed by atoms with Crippen molar-refractivity contribution in [1.29, 1.82) is 0 Å². The lowest BCUT2D eigenvalue weighted by atomic mass is 9.93. The van der Waals surface area contributed by atoms with Gasteiger partial charge in [0, 0.05) is 39.8 Å². The van der Waals surface area contributed by atoms with Gasteiger partial charge in [0.2, 0.25) is 0 Å². The molecule has 16 heteroatoms. The lowest BCUT2D eigenvalue weighted by Gasteiger charge is -2.19. The number of carbonyl (C=O) groups is 2. The van der Waals surface area contributed by atoms with Crippen LogP contribution in [0.25, 0.3) is 10.9 Å². The Balaban J connectivity index is 1.76. The van der Waals surface area contributed by atoms with Gasteiger partial charge in [0.15, 0.2) is 6.10 Å². The number of carbonyl (C=O) groups excluding carboxylic acids is 2. The highest BCUT2D eigenvalue weighted by atomic mass is 35.5. The van der Waals surface area contributed by atoms with Crippen molar-refractivity contribution in [3.8, 4) is 0 Å². The Morgan fingerprint density at radius 1 is 1.07 bits per heavy atom. The van der Waals surface area contributed by atoms with Crippen LogP contribution in [-0.2, 0) is 13.2 Å². The van der Waals surface area contributed by atoms with E-state index >= 15 is 0 Å². The number of aromatic nitrogens is 2. The zero-order chi connectivity index (χ0) is 30.9. The second-order valence-electron chi connectivity index (χ2n) is 9.31. The number of nitrogens with zero attached hydrogens (tertiary/aromatic N) is 2. The number of anilines is 1. The van der Waals surface area contributed by atoms with Gasteiger partial charge in [-0.3, -0.25) is 14.3 Å². The van der Waals surface area contributed by atoms with E-state index in [9.17, 15) is 49.8 Å². The fourth-order valence-corrected chi connectivity index (χ4v) is 5.03. The molecule has 2 heterocycles. The second kappa shape index (κ2) is 9.94. The summed E-state index contributed by atoms with van der Waals surface area (Å²) in [6.07, 6.45) is -13.3. The largest absolute Gasteiger partial charge is 0.420 e. The van der Waals surface area contributed by atoms with Gasteiger partial charge in [-0.15, -0.1) is 0 Å². The fraction of sp³-hybridized carbons (Fsp3) is 0.192. The maximum Gasteiger partial charge on any atom is 0.420 e. The first kappa shape index (κ1) is 29.3. The van der Waals surface area contributed by atoms with Gasteiger partial charge in [-0.1, -0.05) is 11.6 Å². The summed E-state index contributed by atoms with van der Waals surface area (Å²) >= 11 is 6.23. The van der Waals surface area contributed by atoms with E-state index in [2.05, 4.69) is 15.7 Å². The molecule has 2 atom stereocenters. The van der Waals surface area contributed by atoms with Crippen LogP contribution >= 0.6 is 11.6 Å². The van der Waals surface area contributed by atoms with E-state index in [1.165, 1.54) is 0 Å². The van der Waals surface area contributed by atoms with Crippen LogP contribution in [0.4, 0.5) is 40.8 Å². The minimum absolute atomic E-state index is 0.0322. The summed E-state index contributed by atoms with van der Waals surface area (Å²) in [6.45, 7) is 0. The molecule has 5 rings (SSSR count). The zero-order valence-electron chi connectivity index (χ0n) is 20.8. The van der Waals surface area contributed by atoms with Gasteiger partial charge < -0.3 is 15.7 Å². The van der Waals surface area contributed by atoms with Crippen LogP contribution in [0, 0.1) is 11.6 Å². The van der Waals surface area contributed by atoms with Crippen molar-refractivity contribution in [1.82, 2.24) is 15.1 Å². The highest BCUT2D eigenvalue weighted by Gasteiger charge is 2.44. The van der Waals surface area contributed by atoms with Gasteiger partial charge >= 0.3 is 12.4 Å². The molecule has 3 aromatic carbocycles. The van der Waals surface area contributed by atoms with E-state index in [-0.39, 0.29) is 33.3 Å². The van der Waals surface area contributed by atoms with Crippen LogP contribution in [0.3, 0.4) is 0 Å². The number of hydrogen-bond donors (Lipinski definition) is 3. The summed E-state index contributed by atoms with van der Waals surface area (Å²) < 4.78 is 109. The molecule has 0 unspecified atom stereocenters. The van der Waals surface area contributed by atoms with Crippen LogP contribution in [-0.4, -0.2) is 32.9 Å². The van der Waals surface area contributed by atoms with Crippen molar-refractivity contribution >= 4 is 40.0 Å². The minimum Gasteiger partial charge on any atom is -0.378 e. The van der Waals surface area contributed by atoms with Crippen LogP contribution < -0.4 is 10.6 Å².